The van der Waals surface area contributed by atoms with Crippen LogP contribution < -0.4 is 4.74 Å². The summed E-state index contributed by atoms with van der Waals surface area (Å²) in [5.41, 5.74) is 0. The normalized spacial score (nSPS) is 18.9. The Morgan fingerprint density at radius 2 is 1.96 bits per heavy atom. The third-order valence-corrected chi connectivity index (χ3v) is 6.01. The number of aromatic nitrogens is 2. The van der Waals surface area contributed by atoms with E-state index >= 15 is 0 Å². The molecule has 0 aliphatic carbocycles. The zero-order chi connectivity index (χ0) is 18.0. The molecule has 0 bridgehead atoms. The van der Waals surface area contributed by atoms with Crippen LogP contribution in [0.4, 0.5) is 8.78 Å². The summed E-state index contributed by atoms with van der Waals surface area (Å²) in [6.07, 6.45) is 3.69. The average molecular weight is 434 g/mol. The van der Waals surface area contributed by atoms with E-state index in [1.54, 1.807) is 0 Å². The summed E-state index contributed by atoms with van der Waals surface area (Å²) in [6, 6.07) is 2.49. The van der Waals surface area contributed by atoms with Crippen molar-refractivity contribution in [2.24, 2.45) is 0 Å². The first-order valence-electron chi connectivity index (χ1n) is 7.45. The second-order valence-electron chi connectivity index (χ2n) is 5.50. The Bertz CT molecular complexity index is 865. The summed E-state index contributed by atoms with van der Waals surface area (Å²) in [7, 11) is -4.16. The lowest BCUT2D eigenvalue weighted by atomic mass is 10.1. The highest BCUT2D eigenvalue weighted by Gasteiger charge is 2.33. The number of halogens is 3. The van der Waals surface area contributed by atoms with Gasteiger partial charge in [0.15, 0.2) is 0 Å². The molecule has 1 aliphatic heterocycles. The van der Waals surface area contributed by atoms with E-state index in [0.29, 0.717) is 23.4 Å². The first-order valence-corrected chi connectivity index (χ1v) is 9.69. The maximum atomic E-state index is 13.9. The van der Waals surface area contributed by atoms with Crippen molar-refractivity contribution in [3.63, 3.8) is 0 Å². The number of hydrogen-bond acceptors (Lipinski definition) is 5. The SMILES string of the molecule is O=S(=O)(c1cc(F)ccc1F)N1CCCC(Oc2ncc(Br)cn2)C1. The minimum Gasteiger partial charge on any atom is -0.459 e. The van der Waals surface area contributed by atoms with E-state index < -0.39 is 32.7 Å². The fourth-order valence-electron chi connectivity index (χ4n) is 2.54. The van der Waals surface area contributed by atoms with E-state index in [2.05, 4.69) is 25.9 Å². The van der Waals surface area contributed by atoms with Crippen LogP contribution in [0.2, 0.25) is 0 Å². The van der Waals surface area contributed by atoms with Gasteiger partial charge in [-0.3, -0.25) is 0 Å². The molecule has 0 radical (unpaired) electrons. The molecule has 1 aromatic heterocycles. The second-order valence-corrected chi connectivity index (χ2v) is 8.33. The summed E-state index contributed by atoms with van der Waals surface area (Å²) >= 11 is 3.21. The van der Waals surface area contributed by atoms with E-state index in [4.69, 9.17) is 4.74 Å². The van der Waals surface area contributed by atoms with Crippen molar-refractivity contribution in [3.8, 4) is 6.01 Å². The molecule has 2 heterocycles. The molecule has 0 amide bonds. The molecule has 1 aliphatic rings. The zero-order valence-electron chi connectivity index (χ0n) is 12.9. The molecule has 0 saturated carbocycles. The molecular weight excluding hydrogens is 420 g/mol. The van der Waals surface area contributed by atoms with Crippen LogP contribution in [-0.4, -0.2) is 41.9 Å². The van der Waals surface area contributed by atoms with Gasteiger partial charge in [0.25, 0.3) is 0 Å². The van der Waals surface area contributed by atoms with E-state index in [9.17, 15) is 17.2 Å². The van der Waals surface area contributed by atoms with Crippen LogP contribution in [0.15, 0.2) is 40.0 Å². The Labute approximate surface area is 152 Å². The third-order valence-electron chi connectivity index (χ3n) is 3.72. The number of piperidine rings is 1. The van der Waals surface area contributed by atoms with Gasteiger partial charge in [0.05, 0.1) is 11.0 Å². The first kappa shape index (κ1) is 18.2. The van der Waals surface area contributed by atoms with E-state index in [1.807, 2.05) is 0 Å². The van der Waals surface area contributed by atoms with Gasteiger partial charge in [-0.2, -0.15) is 4.31 Å². The molecule has 25 heavy (non-hydrogen) atoms. The molecule has 1 unspecified atom stereocenters. The lowest BCUT2D eigenvalue weighted by molar-refractivity contribution is 0.119. The Kier molecular flexibility index (Phi) is 5.30. The van der Waals surface area contributed by atoms with Gasteiger partial charge in [-0.1, -0.05) is 0 Å². The van der Waals surface area contributed by atoms with Crippen LogP contribution in [0.25, 0.3) is 0 Å². The maximum Gasteiger partial charge on any atom is 0.316 e. The topological polar surface area (TPSA) is 72.4 Å². The van der Waals surface area contributed by atoms with Crippen molar-refractivity contribution in [1.29, 1.82) is 0 Å². The number of ether oxygens (including phenoxy) is 1. The molecule has 0 spiro atoms. The molecule has 2 aromatic rings. The van der Waals surface area contributed by atoms with Crippen molar-refractivity contribution >= 4 is 26.0 Å². The van der Waals surface area contributed by atoms with Gasteiger partial charge < -0.3 is 4.74 Å². The molecule has 10 heteroatoms. The van der Waals surface area contributed by atoms with E-state index in [1.165, 1.54) is 12.4 Å². The molecule has 0 N–H and O–H groups in total. The molecule has 3 rings (SSSR count). The molecule has 6 nitrogen and oxygen atoms in total. The minimum absolute atomic E-state index is 0.0116. The standard InChI is InChI=1S/C15H14BrF2N3O3S/c16-10-7-19-15(20-8-10)24-12-2-1-5-21(9-12)25(22,23)14-6-11(17)3-4-13(14)18/h3-4,6-8,12H,1-2,5,9H2. The molecule has 1 aromatic carbocycles. The number of rotatable bonds is 4. The molecule has 134 valence electrons. The summed E-state index contributed by atoms with van der Waals surface area (Å²) in [5.74, 6) is -1.80. The van der Waals surface area contributed by atoms with Crippen LogP contribution in [0.3, 0.4) is 0 Å². The lowest BCUT2D eigenvalue weighted by Crippen LogP contribution is -2.44. The van der Waals surface area contributed by atoms with Gasteiger partial charge in [-0.05, 0) is 47.0 Å². The number of benzene rings is 1. The maximum absolute atomic E-state index is 13.9. The van der Waals surface area contributed by atoms with Gasteiger partial charge >= 0.3 is 6.01 Å². The van der Waals surface area contributed by atoms with Crippen LogP contribution in [0.5, 0.6) is 6.01 Å². The predicted octanol–water partition coefficient (Wildman–Crippen LogP) is 2.75. The fraction of sp³-hybridized carbons (Fsp3) is 0.333. The van der Waals surface area contributed by atoms with E-state index in [0.717, 1.165) is 16.4 Å². The smallest absolute Gasteiger partial charge is 0.316 e. The van der Waals surface area contributed by atoms with Crippen molar-refractivity contribution < 1.29 is 21.9 Å². The number of sulfonamides is 1. The van der Waals surface area contributed by atoms with Gasteiger partial charge in [-0.25, -0.2) is 27.2 Å². The summed E-state index contributed by atoms with van der Waals surface area (Å²) in [6.45, 7) is 0.219. The zero-order valence-corrected chi connectivity index (χ0v) is 15.3. The lowest BCUT2D eigenvalue weighted by Gasteiger charge is -2.31. The predicted molar refractivity (Wildman–Crippen MR) is 88.5 cm³/mol. The quantitative estimate of drug-likeness (QED) is 0.740. The first-order chi connectivity index (χ1) is 11.9. The van der Waals surface area contributed by atoms with Gasteiger partial charge in [-0.15, -0.1) is 0 Å². The highest BCUT2D eigenvalue weighted by molar-refractivity contribution is 9.10. The summed E-state index contributed by atoms with van der Waals surface area (Å²) in [5, 5.41) is 0. The van der Waals surface area contributed by atoms with E-state index in [-0.39, 0.29) is 19.1 Å². The summed E-state index contributed by atoms with van der Waals surface area (Å²) in [4.78, 5) is 7.30. The fourth-order valence-corrected chi connectivity index (χ4v) is 4.33. The second kappa shape index (κ2) is 7.30. The van der Waals surface area contributed by atoms with Gasteiger partial charge in [0.1, 0.15) is 22.6 Å². The van der Waals surface area contributed by atoms with Crippen LogP contribution in [-0.2, 0) is 10.0 Å². The Hall–Kier alpha value is -1.65. The summed E-state index contributed by atoms with van der Waals surface area (Å²) < 4.78 is 59.9. The molecule has 1 fully saturated rings. The Morgan fingerprint density at radius 1 is 1.24 bits per heavy atom. The monoisotopic (exact) mass is 433 g/mol. The Morgan fingerprint density at radius 3 is 2.68 bits per heavy atom. The van der Waals surface area contributed by atoms with Crippen molar-refractivity contribution in [2.45, 2.75) is 23.8 Å². The number of hydrogen-bond donors (Lipinski definition) is 0. The highest BCUT2D eigenvalue weighted by Crippen LogP contribution is 2.25. The molecule has 1 saturated heterocycles. The van der Waals surface area contributed by atoms with Crippen molar-refractivity contribution in [2.75, 3.05) is 13.1 Å². The third kappa shape index (κ3) is 4.13. The van der Waals surface area contributed by atoms with Crippen LogP contribution in [0.1, 0.15) is 12.8 Å². The molecule has 1 atom stereocenters. The largest absolute Gasteiger partial charge is 0.459 e. The number of nitrogens with zero attached hydrogens (tertiary/aromatic N) is 3. The van der Waals surface area contributed by atoms with Crippen molar-refractivity contribution in [1.82, 2.24) is 14.3 Å². The average Bonchev–Trinajstić information content (AvgIpc) is 2.59. The van der Waals surface area contributed by atoms with Gasteiger partial charge in [0.2, 0.25) is 10.0 Å². The van der Waals surface area contributed by atoms with Crippen LogP contribution >= 0.6 is 15.9 Å². The van der Waals surface area contributed by atoms with Crippen molar-refractivity contribution in [3.05, 3.63) is 46.7 Å². The highest BCUT2D eigenvalue weighted by atomic mass is 79.9. The Balaban J connectivity index is 1.78. The molecular formula is C15H14BrF2N3O3S. The van der Waals surface area contributed by atoms with Crippen LogP contribution in [0, 0.1) is 11.6 Å². The minimum atomic E-state index is -4.16. The van der Waals surface area contributed by atoms with Gasteiger partial charge in [0, 0.05) is 18.9 Å².